The molecule has 4 aromatic rings. The Morgan fingerprint density at radius 1 is 1.13 bits per heavy atom. The van der Waals surface area contributed by atoms with Crippen molar-refractivity contribution in [2.24, 2.45) is 19.1 Å². The zero-order valence-electron chi connectivity index (χ0n) is 16.1. The molecule has 2 aromatic carbocycles. The van der Waals surface area contributed by atoms with Crippen molar-refractivity contribution in [1.29, 1.82) is 0 Å². The minimum Gasteiger partial charge on any atom is -0.322 e. The van der Waals surface area contributed by atoms with Gasteiger partial charge in [-0.3, -0.25) is 19.2 Å². The van der Waals surface area contributed by atoms with Crippen LogP contribution in [0.4, 0.5) is 14.5 Å². The molecule has 1 N–H and O–H groups in total. The molecule has 0 radical (unpaired) electrons. The fourth-order valence-corrected chi connectivity index (χ4v) is 3.67. The lowest BCUT2D eigenvalue weighted by Gasteiger charge is -2.10. The van der Waals surface area contributed by atoms with Gasteiger partial charge in [0.25, 0.3) is 5.91 Å². The molecule has 0 fully saturated rings. The van der Waals surface area contributed by atoms with Gasteiger partial charge in [-0.1, -0.05) is 6.07 Å². The summed E-state index contributed by atoms with van der Waals surface area (Å²) >= 11 is 0. The lowest BCUT2D eigenvalue weighted by atomic mass is 10.0. The molecule has 150 valence electrons. The first-order valence-corrected chi connectivity index (χ1v) is 9.20. The zero-order valence-corrected chi connectivity index (χ0v) is 16.1. The van der Waals surface area contributed by atoms with Gasteiger partial charge >= 0.3 is 0 Å². The highest BCUT2D eigenvalue weighted by Gasteiger charge is 2.24. The molecule has 9 heteroatoms. The molecular formula is C21H16F2N6O. The second kappa shape index (κ2) is 6.58. The molecule has 1 aliphatic rings. The van der Waals surface area contributed by atoms with Crippen LogP contribution in [0.1, 0.15) is 27.0 Å². The maximum atomic E-state index is 14.8. The van der Waals surface area contributed by atoms with E-state index in [1.165, 1.54) is 10.9 Å². The number of nitrogens with zero attached hydrogens (tertiary/aromatic N) is 5. The molecule has 0 saturated carbocycles. The number of carbonyl (C=O) groups is 1. The van der Waals surface area contributed by atoms with Crippen LogP contribution in [0.3, 0.4) is 0 Å². The summed E-state index contributed by atoms with van der Waals surface area (Å²) < 4.78 is 32.4. The van der Waals surface area contributed by atoms with Crippen LogP contribution in [0.15, 0.2) is 47.8 Å². The number of aromatic nitrogens is 4. The fourth-order valence-electron chi connectivity index (χ4n) is 3.67. The van der Waals surface area contributed by atoms with Gasteiger partial charge in [-0.25, -0.2) is 8.78 Å². The van der Waals surface area contributed by atoms with E-state index in [1.807, 2.05) is 19.3 Å². The van der Waals surface area contributed by atoms with Crippen molar-refractivity contribution in [3.05, 3.63) is 76.7 Å². The Kier molecular flexibility index (Phi) is 3.99. The molecular weight excluding hydrogens is 390 g/mol. The molecule has 0 unspecified atom stereocenters. The molecule has 0 bridgehead atoms. The van der Waals surface area contributed by atoms with Crippen molar-refractivity contribution in [2.75, 3.05) is 5.32 Å². The summed E-state index contributed by atoms with van der Waals surface area (Å²) in [5, 5.41) is 10.8. The number of amides is 1. The van der Waals surface area contributed by atoms with Crippen molar-refractivity contribution in [2.45, 2.75) is 6.54 Å². The minimum atomic E-state index is -0.945. The van der Waals surface area contributed by atoms with Crippen LogP contribution in [0, 0.1) is 11.6 Å². The van der Waals surface area contributed by atoms with Crippen LogP contribution >= 0.6 is 0 Å². The summed E-state index contributed by atoms with van der Waals surface area (Å²) in [6.07, 6.45) is 4.84. The molecule has 0 spiro atoms. The number of benzene rings is 2. The summed E-state index contributed by atoms with van der Waals surface area (Å²) in [7, 11) is 3.39. The lowest BCUT2D eigenvalue weighted by molar-refractivity contribution is 0.101. The van der Waals surface area contributed by atoms with Gasteiger partial charge in [0.1, 0.15) is 17.2 Å². The first-order valence-electron chi connectivity index (χ1n) is 9.20. The van der Waals surface area contributed by atoms with E-state index in [9.17, 15) is 13.6 Å². The van der Waals surface area contributed by atoms with E-state index in [4.69, 9.17) is 0 Å². The van der Waals surface area contributed by atoms with Gasteiger partial charge in [0, 0.05) is 43.2 Å². The average molecular weight is 406 g/mol. The highest BCUT2D eigenvalue weighted by Crippen LogP contribution is 2.28. The Labute approximate surface area is 169 Å². The number of aliphatic imine (C=N–C) groups is 1. The topological polar surface area (TPSA) is 77.1 Å². The average Bonchev–Trinajstić information content (AvgIpc) is 3.41. The predicted molar refractivity (Wildman–Crippen MR) is 108 cm³/mol. The number of halogens is 2. The van der Waals surface area contributed by atoms with Crippen LogP contribution in [-0.4, -0.2) is 31.2 Å². The van der Waals surface area contributed by atoms with Crippen LogP contribution in [-0.2, 0) is 20.6 Å². The zero-order chi connectivity index (χ0) is 21.0. The largest absolute Gasteiger partial charge is 0.322 e. The monoisotopic (exact) mass is 406 g/mol. The van der Waals surface area contributed by atoms with Gasteiger partial charge < -0.3 is 5.32 Å². The Bertz CT molecular complexity index is 1370. The quantitative estimate of drug-likeness (QED) is 0.568. The van der Waals surface area contributed by atoms with E-state index in [2.05, 4.69) is 20.5 Å². The molecule has 0 saturated heterocycles. The van der Waals surface area contributed by atoms with Crippen molar-refractivity contribution >= 4 is 28.2 Å². The van der Waals surface area contributed by atoms with Gasteiger partial charge in [0.2, 0.25) is 0 Å². The standard InChI is InChI=1S/C21H16F2N6O/c1-28-10-12(8-25-28)20-14-5-13(4-3-11(14)7-24-20)27-21(30)18-16(22)6-17-15(19(18)23)9-26-29(17)2/h3-6,8-10H,7H2,1-2H3,(H,27,30). The second-order valence-electron chi connectivity index (χ2n) is 7.14. The minimum absolute atomic E-state index is 0.0870. The molecule has 3 heterocycles. The van der Waals surface area contributed by atoms with Crippen molar-refractivity contribution in [3.8, 4) is 0 Å². The molecule has 5 rings (SSSR count). The number of carbonyl (C=O) groups excluding carboxylic acids is 1. The molecule has 2 aromatic heterocycles. The van der Waals surface area contributed by atoms with Crippen molar-refractivity contribution < 1.29 is 13.6 Å². The SMILES string of the molecule is Cn1cc(C2=NCc3ccc(NC(=O)c4c(F)cc5c(cnn5C)c4F)cc32)cn1. The first-order chi connectivity index (χ1) is 14.4. The van der Waals surface area contributed by atoms with E-state index in [0.29, 0.717) is 12.2 Å². The fraction of sp³-hybridized carbons (Fsp3) is 0.143. The molecule has 1 amide bonds. The van der Waals surface area contributed by atoms with E-state index in [0.717, 1.165) is 28.5 Å². The number of fused-ring (bicyclic) bond motifs is 2. The predicted octanol–water partition coefficient (Wildman–Crippen LogP) is 3.19. The summed E-state index contributed by atoms with van der Waals surface area (Å²) in [6, 6.07) is 6.40. The van der Waals surface area contributed by atoms with Gasteiger partial charge in [-0.2, -0.15) is 10.2 Å². The van der Waals surface area contributed by atoms with Crippen LogP contribution in [0.2, 0.25) is 0 Å². The van der Waals surface area contributed by atoms with E-state index >= 15 is 0 Å². The van der Waals surface area contributed by atoms with Gasteiger partial charge in [-0.15, -0.1) is 0 Å². The number of hydrogen-bond acceptors (Lipinski definition) is 4. The van der Waals surface area contributed by atoms with Gasteiger partial charge in [0.15, 0.2) is 0 Å². The van der Waals surface area contributed by atoms with Crippen molar-refractivity contribution in [1.82, 2.24) is 19.6 Å². The highest BCUT2D eigenvalue weighted by molar-refractivity contribution is 6.16. The smallest absolute Gasteiger partial charge is 0.261 e. The third-order valence-corrected chi connectivity index (χ3v) is 5.18. The molecule has 7 nitrogen and oxygen atoms in total. The Balaban J connectivity index is 1.48. The lowest BCUT2D eigenvalue weighted by Crippen LogP contribution is -2.16. The normalized spacial score (nSPS) is 12.9. The number of aryl methyl sites for hydroxylation is 2. The third-order valence-electron chi connectivity index (χ3n) is 5.18. The van der Waals surface area contributed by atoms with E-state index in [-0.39, 0.29) is 10.9 Å². The summed E-state index contributed by atoms with van der Waals surface area (Å²) in [6.45, 7) is 0.523. The Morgan fingerprint density at radius 3 is 2.73 bits per heavy atom. The van der Waals surface area contributed by atoms with E-state index in [1.54, 1.807) is 30.1 Å². The number of nitrogens with one attached hydrogen (secondary N) is 1. The maximum absolute atomic E-state index is 14.8. The Morgan fingerprint density at radius 2 is 1.97 bits per heavy atom. The number of rotatable bonds is 3. The maximum Gasteiger partial charge on any atom is 0.261 e. The Hall–Kier alpha value is -3.88. The molecule has 30 heavy (non-hydrogen) atoms. The summed E-state index contributed by atoms with van der Waals surface area (Å²) in [5.74, 6) is -2.75. The van der Waals surface area contributed by atoms with Gasteiger partial charge in [0.05, 0.1) is 35.6 Å². The highest BCUT2D eigenvalue weighted by atomic mass is 19.1. The summed E-state index contributed by atoms with van der Waals surface area (Å²) in [5.41, 5.74) is 3.53. The second-order valence-corrected chi connectivity index (χ2v) is 7.14. The van der Waals surface area contributed by atoms with Crippen LogP contribution < -0.4 is 5.32 Å². The summed E-state index contributed by atoms with van der Waals surface area (Å²) in [4.78, 5) is 17.3. The molecule has 0 atom stereocenters. The van der Waals surface area contributed by atoms with Gasteiger partial charge in [-0.05, 0) is 17.7 Å². The van der Waals surface area contributed by atoms with Crippen LogP contribution in [0.5, 0.6) is 0 Å². The van der Waals surface area contributed by atoms with Crippen molar-refractivity contribution in [3.63, 3.8) is 0 Å². The number of hydrogen-bond donors (Lipinski definition) is 1. The first kappa shape index (κ1) is 18.2. The number of anilines is 1. The third kappa shape index (κ3) is 2.78. The van der Waals surface area contributed by atoms with E-state index < -0.39 is 23.1 Å². The molecule has 0 aliphatic carbocycles. The van der Waals surface area contributed by atoms with Crippen LogP contribution in [0.25, 0.3) is 10.9 Å². The molecule has 1 aliphatic heterocycles.